The van der Waals surface area contributed by atoms with Crippen LogP contribution in [0.5, 0.6) is 0 Å². The maximum atomic E-state index is 12.1. The fourth-order valence-corrected chi connectivity index (χ4v) is 2.90. The number of carbonyl (C=O) groups is 2. The lowest BCUT2D eigenvalue weighted by Gasteiger charge is -2.20. The van der Waals surface area contributed by atoms with E-state index in [4.69, 9.17) is 0 Å². The second kappa shape index (κ2) is 6.24. The first-order valence-corrected chi connectivity index (χ1v) is 7.63. The molecule has 1 aliphatic rings. The lowest BCUT2D eigenvalue weighted by Crippen LogP contribution is -2.34. The smallest absolute Gasteiger partial charge is 0.233 e. The van der Waals surface area contributed by atoms with E-state index in [2.05, 4.69) is 0 Å². The molecule has 3 nitrogen and oxygen atoms in total. The fraction of sp³-hybridized carbons (Fsp3) is 0.467. The molecule has 0 radical (unpaired) electrons. The highest BCUT2D eigenvalue weighted by atomic mass is 32.2. The number of thioether (sulfide) groups is 1. The zero-order valence-electron chi connectivity index (χ0n) is 11.4. The highest BCUT2D eigenvalue weighted by molar-refractivity contribution is 8.00. The molecule has 0 bridgehead atoms. The summed E-state index contributed by atoms with van der Waals surface area (Å²) < 4.78 is 0. The van der Waals surface area contributed by atoms with Gasteiger partial charge in [-0.2, -0.15) is 0 Å². The van der Waals surface area contributed by atoms with Crippen LogP contribution in [-0.2, 0) is 4.79 Å². The third kappa shape index (κ3) is 3.83. The molecule has 0 aromatic heterocycles. The summed E-state index contributed by atoms with van der Waals surface area (Å²) in [6, 6.07) is 7.94. The average Bonchev–Trinajstić information content (AvgIpc) is 3.22. The maximum absolute atomic E-state index is 12.1. The lowest BCUT2D eigenvalue weighted by atomic mass is 10.2. The molecule has 0 heterocycles. The molecular formula is C15H19NO2S. The van der Waals surface area contributed by atoms with Crippen LogP contribution in [0.1, 0.15) is 37.0 Å². The van der Waals surface area contributed by atoms with Gasteiger partial charge in [-0.3, -0.25) is 9.59 Å². The zero-order valence-corrected chi connectivity index (χ0v) is 12.2. The predicted octanol–water partition coefficient (Wildman–Crippen LogP) is 2.99. The Morgan fingerprint density at radius 1 is 1.37 bits per heavy atom. The van der Waals surface area contributed by atoms with Crippen LogP contribution in [0.3, 0.4) is 0 Å². The minimum atomic E-state index is 0.0574. The molecule has 0 saturated heterocycles. The SMILES string of the molecule is CCN(C(=O)CSc1cccc(C(C)=O)c1)C1CC1. The van der Waals surface area contributed by atoms with Crippen LogP contribution in [0.25, 0.3) is 0 Å². The Morgan fingerprint density at radius 3 is 2.68 bits per heavy atom. The zero-order chi connectivity index (χ0) is 13.8. The number of carbonyl (C=O) groups excluding carboxylic acids is 2. The normalized spacial score (nSPS) is 14.2. The number of ketones is 1. The van der Waals surface area contributed by atoms with Crippen molar-refractivity contribution in [2.24, 2.45) is 0 Å². The van der Waals surface area contributed by atoms with E-state index in [1.165, 1.54) is 11.8 Å². The number of Topliss-reactive ketones (excluding diaryl/α,β-unsaturated/α-hetero) is 1. The van der Waals surface area contributed by atoms with E-state index >= 15 is 0 Å². The molecule has 2 rings (SSSR count). The Hall–Kier alpha value is -1.29. The van der Waals surface area contributed by atoms with E-state index in [-0.39, 0.29) is 11.7 Å². The van der Waals surface area contributed by atoms with Gasteiger partial charge in [-0.1, -0.05) is 12.1 Å². The van der Waals surface area contributed by atoms with Gasteiger partial charge in [0, 0.05) is 23.0 Å². The van der Waals surface area contributed by atoms with Crippen LogP contribution in [0.2, 0.25) is 0 Å². The Kier molecular flexibility index (Phi) is 4.64. The van der Waals surface area contributed by atoms with Gasteiger partial charge < -0.3 is 4.90 Å². The van der Waals surface area contributed by atoms with Gasteiger partial charge >= 0.3 is 0 Å². The monoisotopic (exact) mass is 277 g/mol. The van der Waals surface area contributed by atoms with Gasteiger partial charge in [0.25, 0.3) is 0 Å². The highest BCUT2D eigenvalue weighted by Gasteiger charge is 2.30. The molecule has 0 unspecified atom stereocenters. The van der Waals surface area contributed by atoms with Crippen LogP contribution in [0.15, 0.2) is 29.2 Å². The molecule has 1 aromatic carbocycles. The molecule has 0 N–H and O–H groups in total. The number of amides is 1. The molecule has 0 spiro atoms. The molecule has 4 heteroatoms. The van der Waals surface area contributed by atoms with Crippen LogP contribution < -0.4 is 0 Å². The molecular weight excluding hydrogens is 258 g/mol. The van der Waals surface area contributed by atoms with Gasteiger partial charge in [-0.25, -0.2) is 0 Å². The van der Waals surface area contributed by atoms with E-state index in [0.29, 0.717) is 17.4 Å². The summed E-state index contributed by atoms with van der Waals surface area (Å²) in [4.78, 5) is 26.3. The molecule has 1 amide bonds. The quantitative estimate of drug-likeness (QED) is 0.592. The van der Waals surface area contributed by atoms with Crippen LogP contribution >= 0.6 is 11.8 Å². The van der Waals surface area contributed by atoms with E-state index in [1.807, 2.05) is 30.0 Å². The largest absolute Gasteiger partial charge is 0.339 e. The van der Waals surface area contributed by atoms with Crippen molar-refractivity contribution in [3.05, 3.63) is 29.8 Å². The van der Waals surface area contributed by atoms with Crippen molar-refractivity contribution in [2.45, 2.75) is 37.6 Å². The van der Waals surface area contributed by atoms with Crippen molar-refractivity contribution < 1.29 is 9.59 Å². The molecule has 1 aliphatic carbocycles. The Balaban J connectivity index is 1.92. The Morgan fingerprint density at radius 2 is 2.11 bits per heavy atom. The minimum Gasteiger partial charge on any atom is -0.339 e. The first-order chi connectivity index (χ1) is 9.11. The van der Waals surface area contributed by atoms with Crippen LogP contribution in [0.4, 0.5) is 0 Å². The van der Waals surface area contributed by atoms with Crippen molar-refractivity contribution >= 4 is 23.5 Å². The van der Waals surface area contributed by atoms with Gasteiger partial charge in [-0.05, 0) is 38.8 Å². The second-order valence-electron chi connectivity index (χ2n) is 4.78. The topological polar surface area (TPSA) is 37.4 Å². The molecule has 0 aliphatic heterocycles. The summed E-state index contributed by atoms with van der Waals surface area (Å²) in [6.07, 6.45) is 2.29. The van der Waals surface area contributed by atoms with Crippen LogP contribution in [0, 0.1) is 0 Å². The number of hydrogen-bond acceptors (Lipinski definition) is 3. The molecule has 1 aromatic rings. The third-order valence-electron chi connectivity index (χ3n) is 3.25. The second-order valence-corrected chi connectivity index (χ2v) is 5.83. The fourth-order valence-electron chi connectivity index (χ4n) is 2.06. The minimum absolute atomic E-state index is 0.0574. The van der Waals surface area contributed by atoms with Crippen molar-refractivity contribution in [3.63, 3.8) is 0 Å². The third-order valence-corrected chi connectivity index (χ3v) is 4.23. The van der Waals surface area contributed by atoms with Crippen molar-refractivity contribution in [1.82, 2.24) is 4.90 Å². The Bertz CT molecular complexity index is 483. The van der Waals surface area contributed by atoms with Crippen molar-refractivity contribution in [1.29, 1.82) is 0 Å². The number of hydrogen-bond donors (Lipinski definition) is 0. The molecule has 1 saturated carbocycles. The highest BCUT2D eigenvalue weighted by Crippen LogP contribution is 2.28. The van der Waals surface area contributed by atoms with E-state index in [9.17, 15) is 9.59 Å². The summed E-state index contributed by atoms with van der Waals surface area (Å²) in [5, 5.41) is 0. The maximum Gasteiger partial charge on any atom is 0.233 e. The standard InChI is InChI=1S/C15H19NO2S/c1-3-16(13-7-8-13)15(18)10-19-14-6-4-5-12(9-14)11(2)17/h4-6,9,13H,3,7-8,10H2,1-2H3. The van der Waals surface area contributed by atoms with E-state index < -0.39 is 0 Å². The van der Waals surface area contributed by atoms with Crippen molar-refractivity contribution in [2.75, 3.05) is 12.3 Å². The first kappa shape index (κ1) is 14.1. The summed E-state index contributed by atoms with van der Waals surface area (Å²) >= 11 is 1.51. The summed E-state index contributed by atoms with van der Waals surface area (Å²) in [5.41, 5.74) is 0.701. The van der Waals surface area contributed by atoms with Gasteiger partial charge in [0.05, 0.1) is 5.75 Å². The average molecular weight is 277 g/mol. The van der Waals surface area contributed by atoms with Gasteiger partial charge in [0.2, 0.25) is 5.91 Å². The molecule has 0 atom stereocenters. The summed E-state index contributed by atoms with van der Waals surface area (Å²) in [6.45, 7) is 4.37. The van der Waals surface area contributed by atoms with Gasteiger partial charge in [0.15, 0.2) is 5.78 Å². The molecule has 102 valence electrons. The summed E-state index contributed by atoms with van der Waals surface area (Å²) in [5.74, 6) is 0.705. The number of benzene rings is 1. The van der Waals surface area contributed by atoms with Gasteiger partial charge in [0.1, 0.15) is 0 Å². The first-order valence-electron chi connectivity index (χ1n) is 6.65. The number of rotatable bonds is 6. The molecule has 19 heavy (non-hydrogen) atoms. The van der Waals surface area contributed by atoms with Crippen molar-refractivity contribution in [3.8, 4) is 0 Å². The predicted molar refractivity (Wildman–Crippen MR) is 77.6 cm³/mol. The number of nitrogens with zero attached hydrogens (tertiary/aromatic N) is 1. The van der Waals surface area contributed by atoms with Crippen LogP contribution in [-0.4, -0.2) is 34.9 Å². The Labute approximate surface area is 118 Å². The van der Waals surface area contributed by atoms with E-state index in [1.54, 1.807) is 13.0 Å². The summed E-state index contributed by atoms with van der Waals surface area (Å²) in [7, 11) is 0. The van der Waals surface area contributed by atoms with E-state index in [0.717, 1.165) is 24.3 Å². The van der Waals surface area contributed by atoms with Gasteiger partial charge in [-0.15, -0.1) is 11.8 Å². The lowest BCUT2D eigenvalue weighted by molar-refractivity contribution is -0.128. The molecule has 1 fully saturated rings.